The minimum absolute atomic E-state index is 0.0863. The summed E-state index contributed by atoms with van der Waals surface area (Å²) in [6.07, 6.45) is 3.49. The molecule has 4 nitrogen and oxygen atoms in total. The Hall–Kier alpha value is -2.33. The van der Waals surface area contributed by atoms with Crippen LogP contribution in [0.3, 0.4) is 0 Å². The van der Waals surface area contributed by atoms with Crippen LogP contribution in [0, 0.1) is 0 Å². The highest BCUT2D eigenvalue weighted by Gasteiger charge is 2.24. The van der Waals surface area contributed by atoms with Crippen LogP contribution >= 0.6 is 0 Å². The van der Waals surface area contributed by atoms with Gasteiger partial charge in [-0.2, -0.15) is 0 Å². The van der Waals surface area contributed by atoms with Gasteiger partial charge in [-0.05, 0) is 55.6 Å². The number of hydrogen-bond donors (Lipinski definition) is 1. The summed E-state index contributed by atoms with van der Waals surface area (Å²) in [6, 6.07) is 16.4. The van der Waals surface area contributed by atoms with Gasteiger partial charge >= 0.3 is 0 Å². The molecule has 138 valence electrons. The molecule has 0 spiro atoms. The van der Waals surface area contributed by atoms with Crippen molar-refractivity contribution in [3.05, 3.63) is 65.2 Å². The topological polar surface area (TPSA) is 41.6 Å². The fourth-order valence-corrected chi connectivity index (χ4v) is 3.60. The first-order valence-electron chi connectivity index (χ1n) is 9.47. The van der Waals surface area contributed by atoms with Gasteiger partial charge in [-0.15, -0.1) is 0 Å². The number of benzene rings is 2. The Kier molecular flexibility index (Phi) is 6.29. The first-order chi connectivity index (χ1) is 12.7. The molecule has 0 aromatic heterocycles. The smallest absolute Gasteiger partial charge is 0.255 e. The molecule has 0 unspecified atom stereocenters. The fourth-order valence-electron chi connectivity index (χ4n) is 3.60. The lowest BCUT2D eigenvalue weighted by atomic mass is 10.0. The number of carbonyl (C=O) groups excluding carboxylic acids is 1. The molecule has 0 radical (unpaired) electrons. The summed E-state index contributed by atoms with van der Waals surface area (Å²) in [5, 5.41) is 3.12. The van der Waals surface area contributed by atoms with Crippen LogP contribution in [0.1, 0.15) is 47.3 Å². The van der Waals surface area contributed by atoms with E-state index in [9.17, 15) is 4.79 Å². The van der Waals surface area contributed by atoms with Crippen LogP contribution in [0.4, 0.5) is 0 Å². The van der Waals surface area contributed by atoms with Crippen LogP contribution in [0.15, 0.2) is 48.5 Å². The van der Waals surface area contributed by atoms with Gasteiger partial charge in [0.2, 0.25) is 0 Å². The molecule has 3 rings (SSSR count). The molecule has 1 atom stereocenters. The Balaban J connectivity index is 1.74. The summed E-state index contributed by atoms with van der Waals surface area (Å²) in [5.74, 6) is 0.520. The van der Waals surface area contributed by atoms with Crippen molar-refractivity contribution in [1.82, 2.24) is 10.2 Å². The number of methoxy groups -OCH3 is 1. The van der Waals surface area contributed by atoms with E-state index in [0.29, 0.717) is 17.9 Å². The zero-order chi connectivity index (χ0) is 18.4. The van der Waals surface area contributed by atoms with Gasteiger partial charge in [0.15, 0.2) is 0 Å². The number of ether oxygens (including phenoxy) is 1. The lowest BCUT2D eigenvalue weighted by Gasteiger charge is -2.28. The third kappa shape index (κ3) is 4.25. The molecule has 1 aliphatic heterocycles. The average molecular weight is 352 g/mol. The summed E-state index contributed by atoms with van der Waals surface area (Å²) in [5.41, 5.74) is 3.19. The predicted molar refractivity (Wildman–Crippen MR) is 105 cm³/mol. The van der Waals surface area contributed by atoms with E-state index in [-0.39, 0.29) is 11.9 Å². The predicted octanol–water partition coefficient (Wildman–Crippen LogP) is 3.82. The van der Waals surface area contributed by atoms with Gasteiger partial charge < -0.3 is 10.1 Å². The highest BCUT2D eigenvalue weighted by molar-refractivity contribution is 5.96. The number of nitrogens with zero attached hydrogens (tertiary/aromatic N) is 1. The van der Waals surface area contributed by atoms with Crippen LogP contribution in [0.25, 0.3) is 0 Å². The minimum atomic E-state index is -0.0863. The molecule has 4 heteroatoms. The third-order valence-corrected chi connectivity index (χ3v) is 5.16. The molecule has 2 aromatic carbocycles. The van der Waals surface area contributed by atoms with Crippen LogP contribution in [0.2, 0.25) is 0 Å². The van der Waals surface area contributed by atoms with Crippen LogP contribution in [-0.4, -0.2) is 37.6 Å². The van der Waals surface area contributed by atoms with Crippen molar-refractivity contribution in [3.8, 4) is 5.75 Å². The summed E-state index contributed by atoms with van der Waals surface area (Å²) in [7, 11) is 1.59. The molecule has 2 aromatic rings. The van der Waals surface area contributed by atoms with E-state index >= 15 is 0 Å². The van der Waals surface area contributed by atoms with Crippen molar-refractivity contribution < 1.29 is 9.53 Å². The van der Waals surface area contributed by atoms with Crippen molar-refractivity contribution in [2.75, 3.05) is 26.7 Å². The molecule has 1 N–H and O–H groups in total. The zero-order valence-electron chi connectivity index (χ0n) is 15.7. The summed E-state index contributed by atoms with van der Waals surface area (Å²) in [4.78, 5) is 15.1. The second-order valence-electron chi connectivity index (χ2n) is 6.76. The first-order valence-corrected chi connectivity index (χ1v) is 9.47. The van der Waals surface area contributed by atoms with Crippen molar-refractivity contribution in [3.63, 3.8) is 0 Å². The highest BCUT2D eigenvalue weighted by Crippen LogP contribution is 2.25. The number of aryl methyl sites for hydroxylation is 1. The van der Waals surface area contributed by atoms with Gasteiger partial charge in [-0.25, -0.2) is 0 Å². The maximum Gasteiger partial charge on any atom is 0.255 e. The number of para-hydroxylation sites is 1. The van der Waals surface area contributed by atoms with Crippen LogP contribution in [-0.2, 0) is 6.42 Å². The van der Waals surface area contributed by atoms with Crippen LogP contribution in [0.5, 0.6) is 5.75 Å². The molecule has 0 bridgehead atoms. The van der Waals surface area contributed by atoms with Gasteiger partial charge in [0.05, 0.1) is 18.7 Å². The lowest BCUT2D eigenvalue weighted by molar-refractivity contribution is 0.0935. The van der Waals surface area contributed by atoms with Crippen LogP contribution < -0.4 is 10.1 Å². The van der Waals surface area contributed by atoms with E-state index in [2.05, 4.69) is 41.4 Å². The normalized spacial score (nSPS) is 15.6. The van der Waals surface area contributed by atoms with Crippen molar-refractivity contribution in [1.29, 1.82) is 0 Å². The largest absolute Gasteiger partial charge is 0.496 e. The molecule has 1 heterocycles. The standard InChI is InChI=1S/C22H28N2O2/c1-3-17-10-12-18(13-11-17)20(24-14-6-7-15-24)16-23-22(25)19-8-4-5-9-21(19)26-2/h4-5,8-13,20H,3,6-7,14-16H2,1-2H3,(H,23,25)/t20-/m0/s1. The van der Waals surface area contributed by atoms with Gasteiger partial charge in [0, 0.05) is 6.54 Å². The number of nitrogens with one attached hydrogen (secondary N) is 1. The first kappa shape index (κ1) is 18.5. The molecule has 0 aliphatic carbocycles. The average Bonchev–Trinajstić information content (AvgIpc) is 3.23. The Morgan fingerprint density at radius 2 is 1.81 bits per heavy atom. The molecular formula is C22H28N2O2. The third-order valence-electron chi connectivity index (χ3n) is 5.16. The molecular weight excluding hydrogens is 324 g/mol. The van der Waals surface area contributed by atoms with Gasteiger partial charge in [0.1, 0.15) is 5.75 Å². The van der Waals surface area contributed by atoms with Gasteiger partial charge in [-0.1, -0.05) is 43.3 Å². The quantitative estimate of drug-likeness (QED) is 0.823. The maximum atomic E-state index is 12.7. The number of amides is 1. The van der Waals surface area contributed by atoms with Crippen molar-refractivity contribution >= 4 is 5.91 Å². The van der Waals surface area contributed by atoms with E-state index in [4.69, 9.17) is 4.74 Å². The van der Waals surface area contributed by atoms with E-state index in [1.165, 1.54) is 24.0 Å². The Morgan fingerprint density at radius 1 is 1.12 bits per heavy atom. The summed E-state index contributed by atoms with van der Waals surface area (Å²) < 4.78 is 5.31. The minimum Gasteiger partial charge on any atom is -0.496 e. The second-order valence-corrected chi connectivity index (χ2v) is 6.76. The molecule has 0 saturated carbocycles. The van der Waals surface area contributed by atoms with Gasteiger partial charge in [0.25, 0.3) is 5.91 Å². The van der Waals surface area contributed by atoms with Crippen molar-refractivity contribution in [2.45, 2.75) is 32.2 Å². The molecule has 1 aliphatic rings. The SMILES string of the molecule is CCc1ccc([C@H](CNC(=O)c2ccccc2OC)N2CCCC2)cc1. The lowest BCUT2D eigenvalue weighted by Crippen LogP contribution is -2.36. The highest BCUT2D eigenvalue weighted by atomic mass is 16.5. The molecule has 1 fully saturated rings. The number of likely N-dealkylation sites (tertiary alicyclic amines) is 1. The Bertz CT molecular complexity index is 721. The van der Waals surface area contributed by atoms with E-state index in [1.807, 2.05) is 18.2 Å². The van der Waals surface area contributed by atoms with E-state index in [0.717, 1.165) is 19.5 Å². The number of rotatable bonds is 7. The number of carbonyl (C=O) groups is 1. The Morgan fingerprint density at radius 3 is 2.46 bits per heavy atom. The molecule has 26 heavy (non-hydrogen) atoms. The van der Waals surface area contributed by atoms with Gasteiger partial charge in [-0.3, -0.25) is 9.69 Å². The number of hydrogen-bond acceptors (Lipinski definition) is 3. The summed E-state index contributed by atoms with van der Waals surface area (Å²) >= 11 is 0. The molecule has 1 saturated heterocycles. The molecule has 1 amide bonds. The second kappa shape index (κ2) is 8.86. The monoisotopic (exact) mass is 352 g/mol. The van der Waals surface area contributed by atoms with E-state index < -0.39 is 0 Å². The Labute approximate surface area is 156 Å². The summed E-state index contributed by atoms with van der Waals surface area (Å²) in [6.45, 7) is 4.94. The maximum absolute atomic E-state index is 12.7. The van der Waals surface area contributed by atoms with Crippen molar-refractivity contribution in [2.24, 2.45) is 0 Å². The van der Waals surface area contributed by atoms with E-state index in [1.54, 1.807) is 13.2 Å². The zero-order valence-corrected chi connectivity index (χ0v) is 15.7. The fraction of sp³-hybridized carbons (Fsp3) is 0.409.